The van der Waals surface area contributed by atoms with Gasteiger partial charge in [0.05, 0.1) is 11.6 Å². The van der Waals surface area contributed by atoms with E-state index in [4.69, 9.17) is 4.52 Å². The van der Waals surface area contributed by atoms with Crippen molar-refractivity contribution >= 4 is 5.91 Å². The van der Waals surface area contributed by atoms with Crippen LogP contribution in [0.3, 0.4) is 0 Å². The summed E-state index contributed by atoms with van der Waals surface area (Å²) in [7, 11) is 0. The first kappa shape index (κ1) is 16.3. The van der Waals surface area contributed by atoms with Crippen molar-refractivity contribution in [1.82, 2.24) is 35.2 Å². The Bertz CT molecular complexity index is 1100. The number of carbonyl (C=O) groups excluding carboxylic acids is 1. The van der Waals surface area contributed by atoms with E-state index < -0.39 is 0 Å². The number of likely N-dealkylation sites (tertiary alicyclic amines) is 1. The number of hydrogen-bond donors (Lipinski definition) is 1. The molecule has 0 unspecified atom stereocenters. The molecule has 9 nitrogen and oxygen atoms in total. The van der Waals surface area contributed by atoms with Crippen LogP contribution in [0.5, 0.6) is 0 Å². The second-order valence-electron chi connectivity index (χ2n) is 6.47. The molecule has 9 heteroatoms. The Morgan fingerprint density at radius 2 is 1.86 bits per heavy atom. The van der Waals surface area contributed by atoms with Gasteiger partial charge in [-0.05, 0) is 12.1 Å². The first-order valence-corrected chi connectivity index (χ1v) is 8.79. The third-order valence-corrected chi connectivity index (χ3v) is 4.60. The van der Waals surface area contributed by atoms with Gasteiger partial charge in [0.1, 0.15) is 5.69 Å². The van der Waals surface area contributed by atoms with E-state index in [2.05, 4.69) is 30.3 Å². The molecule has 0 spiro atoms. The number of benzene rings is 1. The topological polar surface area (TPSA) is 114 Å². The molecule has 1 aromatic carbocycles. The molecule has 5 rings (SSSR count). The second-order valence-corrected chi connectivity index (χ2v) is 6.47. The summed E-state index contributed by atoms with van der Waals surface area (Å²) in [6, 6.07) is 13.2. The highest BCUT2D eigenvalue weighted by molar-refractivity contribution is 5.94. The molecule has 0 bridgehead atoms. The SMILES string of the molecule is O=C(c1cc(-c2ccccc2)n[nH]1)N1CC(c2nc(-c3ncccn3)no2)C1. The fraction of sp³-hybridized carbons (Fsp3) is 0.158. The molecule has 138 valence electrons. The molecule has 0 aliphatic carbocycles. The summed E-state index contributed by atoms with van der Waals surface area (Å²) in [5.74, 6) is 1.15. The van der Waals surface area contributed by atoms with Gasteiger partial charge in [-0.15, -0.1) is 0 Å². The predicted octanol–water partition coefficient (Wildman–Crippen LogP) is 2.16. The van der Waals surface area contributed by atoms with Crippen LogP contribution in [0.4, 0.5) is 0 Å². The normalized spacial score (nSPS) is 14.1. The average molecular weight is 373 g/mol. The number of amides is 1. The zero-order valence-corrected chi connectivity index (χ0v) is 14.7. The second kappa shape index (κ2) is 6.69. The summed E-state index contributed by atoms with van der Waals surface area (Å²) >= 11 is 0. The van der Waals surface area contributed by atoms with E-state index in [1.165, 1.54) is 0 Å². The van der Waals surface area contributed by atoms with E-state index in [9.17, 15) is 4.79 Å². The zero-order valence-electron chi connectivity index (χ0n) is 14.7. The van der Waals surface area contributed by atoms with Crippen LogP contribution in [-0.2, 0) is 0 Å². The summed E-state index contributed by atoms with van der Waals surface area (Å²) < 4.78 is 5.32. The van der Waals surface area contributed by atoms with Crippen molar-refractivity contribution in [2.45, 2.75) is 5.92 Å². The predicted molar refractivity (Wildman–Crippen MR) is 98.0 cm³/mol. The Kier molecular flexibility index (Phi) is 3.90. The van der Waals surface area contributed by atoms with Gasteiger partial charge in [-0.25, -0.2) is 9.97 Å². The van der Waals surface area contributed by atoms with Crippen LogP contribution in [0.2, 0.25) is 0 Å². The van der Waals surface area contributed by atoms with Crippen LogP contribution in [0.25, 0.3) is 22.9 Å². The molecule has 1 saturated heterocycles. The van der Waals surface area contributed by atoms with E-state index in [1.807, 2.05) is 30.3 Å². The number of rotatable bonds is 4. The Hall–Kier alpha value is -3.88. The van der Waals surface area contributed by atoms with Crippen LogP contribution < -0.4 is 0 Å². The maximum Gasteiger partial charge on any atom is 0.271 e. The van der Waals surface area contributed by atoms with Gasteiger partial charge in [0.2, 0.25) is 17.5 Å². The molecule has 28 heavy (non-hydrogen) atoms. The first-order chi connectivity index (χ1) is 13.8. The molecule has 0 saturated carbocycles. The molecule has 1 fully saturated rings. The lowest BCUT2D eigenvalue weighted by Crippen LogP contribution is -2.48. The Balaban J connectivity index is 1.24. The zero-order chi connectivity index (χ0) is 18.9. The van der Waals surface area contributed by atoms with Gasteiger partial charge in [-0.3, -0.25) is 9.89 Å². The quantitative estimate of drug-likeness (QED) is 0.583. The average Bonchev–Trinajstić information content (AvgIpc) is 3.38. The number of H-pyrrole nitrogens is 1. The summed E-state index contributed by atoms with van der Waals surface area (Å²) in [5.41, 5.74) is 2.16. The summed E-state index contributed by atoms with van der Waals surface area (Å²) in [5, 5.41) is 11.0. The van der Waals surface area contributed by atoms with Crippen molar-refractivity contribution in [2.75, 3.05) is 13.1 Å². The third kappa shape index (κ3) is 2.92. The van der Waals surface area contributed by atoms with E-state index >= 15 is 0 Å². The molecule has 1 aliphatic rings. The van der Waals surface area contributed by atoms with Crippen LogP contribution in [0.1, 0.15) is 22.3 Å². The van der Waals surface area contributed by atoms with E-state index in [0.29, 0.717) is 36.3 Å². The highest BCUT2D eigenvalue weighted by Crippen LogP contribution is 2.28. The minimum Gasteiger partial charge on any atom is -0.338 e. The van der Waals surface area contributed by atoms with Crippen molar-refractivity contribution in [2.24, 2.45) is 0 Å². The smallest absolute Gasteiger partial charge is 0.271 e. The molecule has 1 amide bonds. The van der Waals surface area contributed by atoms with Gasteiger partial charge in [-0.1, -0.05) is 35.5 Å². The van der Waals surface area contributed by atoms with Crippen LogP contribution in [0.15, 0.2) is 59.4 Å². The number of hydrogen-bond acceptors (Lipinski definition) is 7. The van der Waals surface area contributed by atoms with Crippen LogP contribution in [-0.4, -0.2) is 54.2 Å². The molecule has 1 N–H and O–H groups in total. The summed E-state index contributed by atoms with van der Waals surface area (Å²) in [6.07, 6.45) is 3.24. The van der Waals surface area contributed by atoms with Gasteiger partial charge in [0.15, 0.2) is 0 Å². The number of aromatic amines is 1. The number of nitrogens with zero attached hydrogens (tertiary/aromatic N) is 6. The maximum atomic E-state index is 12.6. The van der Waals surface area contributed by atoms with Crippen molar-refractivity contribution < 1.29 is 9.32 Å². The van der Waals surface area contributed by atoms with Gasteiger partial charge in [-0.2, -0.15) is 10.1 Å². The Morgan fingerprint density at radius 3 is 2.64 bits per heavy atom. The number of nitrogens with one attached hydrogen (secondary N) is 1. The Morgan fingerprint density at radius 1 is 1.07 bits per heavy atom. The van der Waals surface area contributed by atoms with Crippen LogP contribution >= 0.6 is 0 Å². The lowest BCUT2D eigenvalue weighted by molar-refractivity contribution is 0.0563. The van der Waals surface area contributed by atoms with Crippen LogP contribution in [0, 0.1) is 0 Å². The largest absolute Gasteiger partial charge is 0.338 e. The summed E-state index contributed by atoms with van der Waals surface area (Å²) in [6.45, 7) is 1.02. The minimum absolute atomic E-state index is 0.00503. The van der Waals surface area contributed by atoms with Crippen molar-refractivity contribution in [3.05, 3.63) is 66.4 Å². The monoisotopic (exact) mass is 373 g/mol. The molecular weight excluding hydrogens is 358 g/mol. The van der Waals surface area contributed by atoms with Gasteiger partial charge in [0, 0.05) is 31.0 Å². The fourth-order valence-corrected chi connectivity index (χ4v) is 3.07. The van der Waals surface area contributed by atoms with E-state index in [0.717, 1.165) is 11.3 Å². The van der Waals surface area contributed by atoms with Gasteiger partial charge in [0.25, 0.3) is 5.91 Å². The van der Waals surface area contributed by atoms with Gasteiger partial charge >= 0.3 is 0 Å². The van der Waals surface area contributed by atoms with E-state index in [1.54, 1.807) is 29.4 Å². The molecule has 3 aromatic heterocycles. The summed E-state index contributed by atoms with van der Waals surface area (Å²) in [4.78, 5) is 26.9. The van der Waals surface area contributed by atoms with E-state index in [-0.39, 0.29) is 11.8 Å². The van der Waals surface area contributed by atoms with Gasteiger partial charge < -0.3 is 9.42 Å². The molecule has 4 aromatic rings. The molecular formula is C19H15N7O2. The fourth-order valence-electron chi connectivity index (χ4n) is 3.07. The highest BCUT2D eigenvalue weighted by Gasteiger charge is 2.36. The van der Waals surface area contributed by atoms with Crippen molar-refractivity contribution in [3.8, 4) is 22.9 Å². The number of aromatic nitrogens is 6. The van der Waals surface area contributed by atoms with Crippen molar-refractivity contribution in [3.63, 3.8) is 0 Å². The minimum atomic E-state index is -0.0999. The molecule has 4 heterocycles. The molecule has 0 radical (unpaired) electrons. The highest BCUT2D eigenvalue weighted by atomic mass is 16.5. The lowest BCUT2D eigenvalue weighted by atomic mass is 9.99. The lowest BCUT2D eigenvalue weighted by Gasteiger charge is -2.36. The Labute approximate surface area is 159 Å². The first-order valence-electron chi connectivity index (χ1n) is 8.79. The molecule has 0 atom stereocenters. The third-order valence-electron chi connectivity index (χ3n) is 4.60. The standard InChI is InChI=1S/C19H15N7O2/c27-19(15-9-14(23-24-15)12-5-2-1-3-6-12)26-10-13(11-26)18-22-17(25-28-18)16-20-7-4-8-21-16/h1-9,13H,10-11H2,(H,23,24). The number of carbonyl (C=O) groups is 1. The maximum absolute atomic E-state index is 12.6. The molecule has 1 aliphatic heterocycles. The van der Waals surface area contributed by atoms with Crippen molar-refractivity contribution in [1.29, 1.82) is 0 Å².